The third kappa shape index (κ3) is 2.98. The Labute approximate surface area is 108 Å². The minimum atomic E-state index is -0.354. The highest BCUT2D eigenvalue weighted by Gasteiger charge is 2.10. The lowest BCUT2D eigenvalue weighted by Crippen LogP contribution is -2.01. The molecule has 0 unspecified atom stereocenters. The molecule has 0 aromatic heterocycles. The zero-order chi connectivity index (χ0) is 13.7. The van der Waals surface area contributed by atoms with Crippen LogP contribution in [0.3, 0.4) is 0 Å². The third-order valence-corrected chi connectivity index (χ3v) is 2.84. The number of allylic oxidation sites excluding steroid dienone is 2. The first-order valence-corrected chi connectivity index (χ1v) is 5.80. The van der Waals surface area contributed by atoms with Crippen LogP contribution >= 0.6 is 0 Å². The third-order valence-electron chi connectivity index (χ3n) is 2.84. The first-order chi connectivity index (χ1) is 8.51. The average Bonchev–Trinajstić information content (AvgIpc) is 2.38. The van der Waals surface area contributed by atoms with Crippen molar-refractivity contribution >= 4 is 11.5 Å². The molecule has 1 aromatic carbocycles. The molecule has 0 aliphatic rings. The summed E-state index contributed by atoms with van der Waals surface area (Å²) in [5, 5.41) is 9.13. The van der Waals surface area contributed by atoms with E-state index in [1.807, 2.05) is 32.9 Å². The van der Waals surface area contributed by atoms with Gasteiger partial charge in [-0.2, -0.15) is 5.26 Å². The largest absolute Gasteiger partial charge is 0.465 e. The molecule has 3 heteroatoms. The summed E-state index contributed by atoms with van der Waals surface area (Å²) >= 11 is 0. The lowest BCUT2D eigenvalue weighted by molar-refractivity contribution is 0.0600. The van der Waals surface area contributed by atoms with E-state index in [4.69, 9.17) is 5.26 Å². The first kappa shape index (κ1) is 14.0. The number of hydrogen-bond acceptors (Lipinski definition) is 3. The fraction of sp³-hybridized carbons (Fsp3) is 0.333. The van der Waals surface area contributed by atoms with Gasteiger partial charge < -0.3 is 4.74 Å². The van der Waals surface area contributed by atoms with E-state index in [0.29, 0.717) is 5.56 Å². The van der Waals surface area contributed by atoms with E-state index < -0.39 is 0 Å². The Morgan fingerprint density at radius 2 is 1.72 bits per heavy atom. The number of nitrogens with zero attached hydrogens (tertiary/aromatic N) is 1. The van der Waals surface area contributed by atoms with Crippen molar-refractivity contribution < 1.29 is 9.53 Å². The van der Waals surface area contributed by atoms with Gasteiger partial charge in [0.1, 0.15) is 0 Å². The molecule has 0 spiro atoms. The second-order valence-corrected chi connectivity index (χ2v) is 4.37. The smallest absolute Gasteiger partial charge is 0.337 e. The Morgan fingerprint density at radius 1 is 1.22 bits per heavy atom. The maximum absolute atomic E-state index is 11.3. The SMILES string of the molecule is COC(=O)c1ccc(/C(C)=C(/C#N)C(C)C)cc1. The number of nitriles is 1. The number of carbonyl (C=O) groups excluding carboxylic acids is 1. The van der Waals surface area contributed by atoms with Gasteiger partial charge in [-0.15, -0.1) is 0 Å². The predicted octanol–water partition coefficient (Wildman–Crippen LogP) is 3.43. The summed E-state index contributed by atoms with van der Waals surface area (Å²) in [5.41, 5.74) is 3.18. The van der Waals surface area contributed by atoms with Crippen LogP contribution in [-0.4, -0.2) is 13.1 Å². The zero-order valence-electron chi connectivity index (χ0n) is 11.2. The minimum absolute atomic E-state index is 0.190. The number of carbonyl (C=O) groups is 1. The van der Waals surface area contributed by atoms with E-state index >= 15 is 0 Å². The summed E-state index contributed by atoms with van der Waals surface area (Å²) in [6, 6.07) is 9.32. The molecular formula is C15H17NO2. The maximum Gasteiger partial charge on any atom is 0.337 e. The second kappa shape index (κ2) is 6.02. The molecule has 18 heavy (non-hydrogen) atoms. The number of rotatable bonds is 3. The number of ether oxygens (including phenoxy) is 1. The van der Waals surface area contributed by atoms with Crippen molar-refractivity contribution in [1.82, 2.24) is 0 Å². The van der Waals surface area contributed by atoms with Crippen LogP contribution in [0, 0.1) is 17.2 Å². The quantitative estimate of drug-likeness (QED) is 0.603. The summed E-state index contributed by atoms with van der Waals surface area (Å²) in [7, 11) is 1.36. The van der Waals surface area contributed by atoms with Gasteiger partial charge in [0.05, 0.1) is 18.7 Å². The van der Waals surface area contributed by atoms with E-state index in [1.54, 1.807) is 12.1 Å². The van der Waals surface area contributed by atoms with Gasteiger partial charge in [-0.05, 0) is 36.1 Å². The minimum Gasteiger partial charge on any atom is -0.465 e. The standard InChI is InChI=1S/C15H17NO2/c1-10(2)14(9-16)11(3)12-5-7-13(8-6-12)15(17)18-4/h5-8,10H,1-4H3/b14-11-. The fourth-order valence-corrected chi connectivity index (χ4v) is 1.78. The molecule has 0 atom stereocenters. The summed E-state index contributed by atoms with van der Waals surface area (Å²) in [5.74, 6) is -0.164. The molecule has 0 heterocycles. The van der Waals surface area contributed by atoms with Gasteiger partial charge in [-0.3, -0.25) is 0 Å². The van der Waals surface area contributed by atoms with Crippen LogP contribution in [0.4, 0.5) is 0 Å². The zero-order valence-corrected chi connectivity index (χ0v) is 11.2. The van der Waals surface area contributed by atoms with Crippen LogP contribution in [-0.2, 0) is 4.74 Å². The van der Waals surface area contributed by atoms with Gasteiger partial charge in [0.25, 0.3) is 0 Å². The van der Waals surface area contributed by atoms with Crippen molar-refractivity contribution in [3.8, 4) is 6.07 Å². The monoisotopic (exact) mass is 243 g/mol. The number of hydrogen-bond donors (Lipinski definition) is 0. The molecule has 3 nitrogen and oxygen atoms in total. The second-order valence-electron chi connectivity index (χ2n) is 4.37. The Kier molecular flexibility index (Phi) is 4.67. The van der Waals surface area contributed by atoms with Crippen LogP contribution < -0.4 is 0 Å². The highest BCUT2D eigenvalue weighted by atomic mass is 16.5. The summed E-state index contributed by atoms with van der Waals surface area (Å²) in [6.45, 7) is 5.90. The van der Waals surface area contributed by atoms with Crippen LogP contribution in [0.5, 0.6) is 0 Å². The molecule has 0 aliphatic carbocycles. The Bertz CT molecular complexity index is 504. The Hall–Kier alpha value is -2.08. The normalized spacial score (nSPS) is 11.8. The van der Waals surface area contributed by atoms with E-state index in [1.165, 1.54) is 7.11 Å². The summed E-state index contributed by atoms with van der Waals surface area (Å²) in [6.07, 6.45) is 0. The Morgan fingerprint density at radius 3 is 2.11 bits per heavy atom. The molecule has 0 fully saturated rings. The lowest BCUT2D eigenvalue weighted by Gasteiger charge is -2.09. The van der Waals surface area contributed by atoms with Crippen LogP contribution in [0.1, 0.15) is 36.7 Å². The van der Waals surface area contributed by atoms with Gasteiger partial charge in [0.2, 0.25) is 0 Å². The van der Waals surface area contributed by atoms with Crippen LogP contribution in [0.25, 0.3) is 5.57 Å². The van der Waals surface area contributed by atoms with E-state index in [2.05, 4.69) is 10.8 Å². The van der Waals surface area contributed by atoms with Crippen molar-refractivity contribution in [3.63, 3.8) is 0 Å². The van der Waals surface area contributed by atoms with Crippen LogP contribution in [0.15, 0.2) is 29.8 Å². The van der Waals surface area contributed by atoms with E-state index in [-0.39, 0.29) is 11.9 Å². The molecule has 0 saturated carbocycles. The summed E-state index contributed by atoms with van der Waals surface area (Å²) < 4.78 is 4.64. The number of esters is 1. The van der Waals surface area contributed by atoms with E-state index in [9.17, 15) is 4.79 Å². The fourth-order valence-electron chi connectivity index (χ4n) is 1.78. The summed E-state index contributed by atoms with van der Waals surface area (Å²) in [4.78, 5) is 11.3. The van der Waals surface area contributed by atoms with Crippen molar-refractivity contribution in [2.24, 2.45) is 5.92 Å². The molecule has 0 radical (unpaired) electrons. The molecule has 0 N–H and O–H groups in total. The van der Waals surface area contributed by atoms with Gasteiger partial charge in [-0.1, -0.05) is 26.0 Å². The van der Waals surface area contributed by atoms with Crippen LogP contribution in [0.2, 0.25) is 0 Å². The molecule has 1 rings (SSSR count). The number of methoxy groups -OCH3 is 1. The first-order valence-electron chi connectivity index (χ1n) is 5.80. The lowest BCUT2D eigenvalue weighted by atomic mass is 9.94. The van der Waals surface area contributed by atoms with Crippen molar-refractivity contribution in [3.05, 3.63) is 41.0 Å². The van der Waals surface area contributed by atoms with Gasteiger partial charge in [0, 0.05) is 5.57 Å². The van der Waals surface area contributed by atoms with Crippen molar-refractivity contribution in [2.45, 2.75) is 20.8 Å². The molecule has 0 saturated heterocycles. The van der Waals surface area contributed by atoms with Gasteiger partial charge in [-0.25, -0.2) is 4.79 Å². The maximum atomic E-state index is 11.3. The van der Waals surface area contributed by atoms with Gasteiger partial charge in [0.15, 0.2) is 0 Å². The molecular weight excluding hydrogens is 226 g/mol. The van der Waals surface area contributed by atoms with Gasteiger partial charge >= 0.3 is 5.97 Å². The molecule has 0 amide bonds. The number of benzene rings is 1. The Balaban J connectivity index is 3.13. The topological polar surface area (TPSA) is 50.1 Å². The molecule has 94 valence electrons. The van der Waals surface area contributed by atoms with Crippen molar-refractivity contribution in [2.75, 3.05) is 7.11 Å². The predicted molar refractivity (Wildman–Crippen MR) is 70.8 cm³/mol. The molecule has 0 bridgehead atoms. The highest BCUT2D eigenvalue weighted by molar-refractivity contribution is 5.89. The van der Waals surface area contributed by atoms with E-state index in [0.717, 1.165) is 16.7 Å². The van der Waals surface area contributed by atoms with Crippen molar-refractivity contribution in [1.29, 1.82) is 5.26 Å². The molecule has 1 aromatic rings. The molecule has 0 aliphatic heterocycles. The highest BCUT2D eigenvalue weighted by Crippen LogP contribution is 2.23. The average molecular weight is 243 g/mol.